The Balaban J connectivity index is 2.30. The number of unbranched alkanes of at least 4 members (excludes halogenated alkanes) is 5. The van der Waals surface area contributed by atoms with Gasteiger partial charge in [0.05, 0.1) is 12.9 Å². The normalized spacial score (nSPS) is 12.0. The molecule has 0 aliphatic carbocycles. The first-order valence-corrected chi connectivity index (χ1v) is 9.73. The minimum Gasteiger partial charge on any atom is -0.330 e. The van der Waals surface area contributed by atoms with Crippen molar-refractivity contribution in [2.45, 2.75) is 45.1 Å². The van der Waals surface area contributed by atoms with E-state index in [1.807, 2.05) is 30.3 Å². The summed E-state index contributed by atoms with van der Waals surface area (Å²) >= 11 is 0. The van der Waals surface area contributed by atoms with Crippen LogP contribution in [0.2, 0.25) is 0 Å². The van der Waals surface area contributed by atoms with Gasteiger partial charge in [-0.05, 0) is 24.9 Å². The van der Waals surface area contributed by atoms with Gasteiger partial charge in [0, 0.05) is 6.54 Å². The van der Waals surface area contributed by atoms with Gasteiger partial charge < -0.3 is 5.73 Å². The summed E-state index contributed by atoms with van der Waals surface area (Å²) in [6.07, 6.45) is 7.47. The van der Waals surface area contributed by atoms with E-state index >= 15 is 0 Å². The molecule has 0 saturated carbocycles. The van der Waals surface area contributed by atoms with Crippen molar-refractivity contribution >= 4 is 10.0 Å². The lowest BCUT2D eigenvalue weighted by atomic mass is 10.1. The monoisotopic (exact) mass is 328 g/mol. The van der Waals surface area contributed by atoms with Crippen LogP contribution in [0.4, 0.5) is 0 Å². The number of nitrogens with zero attached hydrogens (tertiary/aromatic N) is 1. The maximum atomic E-state index is 11.7. The second-order valence-corrected chi connectivity index (χ2v) is 7.33. The average molecular weight is 328 g/mol. The maximum absolute atomic E-state index is 11.7. The fourth-order valence-corrected chi connectivity index (χ4v) is 2.84. The van der Waals surface area contributed by atoms with Gasteiger partial charge in [-0.15, -0.1) is 0 Å². The van der Waals surface area contributed by atoms with Gasteiger partial charge in [-0.1, -0.05) is 60.5 Å². The third kappa shape index (κ3) is 8.48. The molecule has 2 N–H and O–H groups in total. The quantitative estimate of drug-likeness (QED) is 0.473. The van der Waals surface area contributed by atoms with Gasteiger partial charge in [-0.25, -0.2) is 8.42 Å². The lowest BCUT2D eigenvalue weighted by Crippen LogP contribution is -2.31. The Morgan fingerprint density at radius 2 is 1.59 bits per heavy atom. The number of sulfonamides is 1. The van der Waals surface area contributed by atoms with Crippen LogP contribution in [0.15, 0.2) is 30.3 Å². The molecule has 0 amide bonds. The van der Waals surface area contributed by atoms with E-state index < -0.39 is 10.0 Å². The first-order valence-electron chi connectivity index (χ1n) is 7.88. The number of nitrogens with two attached hydrogens (primary N) is 1. The molecule has 1 aromatic carbocycles. The minimum absolute atomic E-state index is 0.268. The van der Waals surface area contributed by atoms with E-state index in [-0.39, 0.29) is 6.61 Å². The molecule has 126 valence electrons. The van der Waals surface area contributed by atoms with Gasteiger partial charge in [0.25, 0.3) is 0 Å². The minimum atomic E-state index is -3.34. The molecule has 6 heteroatoms. The number of hydroxylamine groups is 1. The topological polar surface area (TPSA) is 72.6 Å². The highest BCUT2D eigenvalue weighted by Gasteiger charge is 2.17. The van der Waals surface area contributed by atoms with Gasteiger partial charge in [0.1, 0.15) is 0 Å². The predicted molar refractivity (Wildman–Crippen MR) is 89.5 cm³/mol. The molecule has 0 fully saturated rings. The molecule has 5 nitrogen and oxygen atoms in total. The van der Waals surface area contributed by atoms with Crippen LogP contribution < -0.4 is 5.73 Å². The molecule has 0 aromatic heterocycles. The molecule has 0 heterocycles. The van der Waals surface area contributed by atoms with Crippen LogP contribution in [0.1, 0.15) is 44.1 Å². The average Bonchev–Trinajstić information content (AvgIpc) is 2.49. The Kier molecular flexibility index (Phi) is 9.31. The molecule has 0 radical (unpaired) electrons. The van der Waals surface area contributed by atoms with E-state index in [9.17, 15) is 8.42 Å². The van der Waals surface area contributed by atoms with Crippen molar-refractivity contribution in [3.8, 4) is 0 Å². The molecule has 0 aliphatic heterocycles. The lowest BCUT2D eigenvalue weighted by Gasteiger charge is -2.19. The zero-order valence-electron chi connectivity index (χ0n) is 13.4. The standard InChI is InChI=1S/C16H28N2O3S/c1-22(19,20)18(14-10-5-3-2-4-9-13-17)21-15-16-11-7-6-8-12-16/h6-8,11-12H,2-5,9-10,13-15,17H2,1H3. The van der Waals surface area contributed by atoms with Gasteiger partial charge >= 0.3 is 0 Å². The molecule has 1 rings (SSSR count). The van der Waals surface area contributed by atoms with Gasteiger partial charge in [0.2, 0.25) is 10.0 Å². The summed E-state index contributed by atoms with van der Waals surface area (Å²) in [6, 6.07) is 9.56. The van der Waals surface area contributed by atoms with Gasteiger partial charge in [-0.2, -0.15) is 0 Å². The Labute approximate surface area is 134 Å². The summed E-state index contributed by atoms with van der Waals surface area (Å²) in [7, 11) is -3.34. The van der Waals surface area contributed by atoms with E-state index in [1.54, 1.807) is 0 Å². The molecule has 0 saturated heterocycles. The van der Waals surface area contributed by atoms with Crippen LogP contribution in [-0.4, -0.2) is 32.2 Å². The summed E-state index contributed by atoms with van der Waals surface area (Å²) in [5.41, 5.74) is 6.40. The molecule has 0 bridgehead atoms. The van der Waals surface area contributed by atoms with Crippen LogP contribution in [0.5, 0.6) is 0 Å². The molecule has 0 aliphatic rings. The van der Waals surface area contributed by atoms with E-state index in [0.717, 1.165) is 55.1 Å². The summed E-state index contributed by atoms with van der Waals surface area (Å²) < 4.78 is 24.6. The first kappa shape index (κ1) is 19.1. The summed E-state index contributed by atoms with van der Waals surface area (Å²) in [5, 5.41) is 0. The second-order valence-electron chi connectivity index (χ2n) is 5.46. The van der Waals surface area contributed by atoms with Crippen molar-refractivity contribution < 1.29 is 13.3 Å². The fraction of sp³-hybridized carbons (Fsp3) is 0.625. The van der Waals surface area contributed by atoms with Crippen molar-refractivity contribution in [1.82, 2.24) is 4.47 Å². The first-order chi connectivity index (χ1) is 10.5. The van der Waals surface area contributed by atoms with E-state index in [1.165, 1.54) is 6.26 Å². The Hall–Kier alpha value is -0.950. The highest BCUT2D eigenvalue weighted by molar-refractivity contribution is 7.88. The van der Waals surface area contributed by atoms with Crippen LogP contribution in [-0.2, 0) is 21.5 Å². The largest absolute Gasteiger partial charge is 0.330 e. The lowest BCUT2D eigenvalue weighted by molar-refractivity contribution is -0.0962. The van der Waals surface area contributed by atoms with E-state index in [2.05, 4.69) is 0 Å². The van der Waals surface area contributed by atoms with Crippen LogP contribution in [0, 0.1) is 0 Å². The highest BCUT2D eigenvalue weighted by atomic mass is 32.2. The molecule has 0 spiro atoms. The molecular formula is C16H28N2O3S. The van der Waals surface area contributed by atoms with Gasteiger partial charge in [-0.3, -0.25) is 4.84 Å². The molecule has 1 aromatic rings. The Bertz CT molecular complexity index is 491. The van der Waals surface area contributed by atoms with Gasteiger partial charge in [0.15, 0.2) is 0 Å². The van der Waals surface area contributed by atoms with Crippen LogP contribution in [0.3, 0.4) is 0 Å². The molecule has 0 atom stereocenters. The number of hydrogen-bond donors (Lipinski definition) is 1. The summed E-state index contributed by atoms with van der Waals surface area (Å²) in [4.78, 5) is 5.47. The van der Waals surface area contributed by atoms with Crippen molar-refractivity contribution in [1.29, 1.82) is 0 Å². The summed E-state index contributed by atoms with van der Waals surface area (Å²) in [6.45, 7) is 1.42. The SMILES string of the molecule is CS(=O)(=O)N(CCCCCCCCN)OCc1ccccc1. The summed E-state index contributed by atoms with van der Waals surface area (Å²) in [5.74, 6) is 0. The van der Waals surface area contributed by atoms with E-state index in [0.29, 0.717) is 6.54 Å². The number of benzene rings is 1. The smallest absolute Gasteiger partial charge is 0.233 e. The van der Waals surface area contributed by atoms with Crippen molar-refractivity contribution in [2.75, 3.05) is 19.3 Å². The molecule has 22 heavy (non-hydrogen) atoms. The van der Waals surface area contributed by atoms with E-state index in [4.69, 9.17) is 10.6 Å². The Morgan fingerprint density at radius 3 is 2.18 bits per heavy atom. The van der Waals surface area contributed by atoms with Crippen molar-refractivity contribution in [3.63, 3.8) is 0 Å². The fourth-order valence-electron chi connectivity index (χ4n) is 2.14. The number of hydrogen-bond acceptors (Lipinski definition) is 4. The number of rotatable bonds is 12. The highest BCUT2D eigenvalue weighted by Crippen LogP contribution is 2.10. The van der Waals surface area contributed by atoms with Crippen LogP contribution >= 0.6 is 0 Å². The Morgan fingerprint density at radius 1 is 1.00 bits per heavy atom. The maximum Gasteiger partial charge on any atom is 0.233 e. The van der Waals surface area contributed by atoms with Crippen LogP contribution in [0.25, 0.3) is 0 Å². The second kappa shape index (κ2) is 10.7. The molecule has 0 unspecified atom stereocenters. The third-order valence-electron chi connectivity index (χ3n) is 3.38. The predicted octanol–water partition coefficient (Wildman–Crippen LogP) is 2.68. The zero-order valence-corrected chi connectivity index (χ0v) is 14.2. The zero-order chi connectivity index (χ0) is 16.3. The van der Waals surface area contributed by atoms with Crippen molar-refractivity contribution in [3.05, 3.63) is 35.9 Å². The third-order valence-corrected chi connectivity index (χ3v) is 4.41. The van der Waals surface area contributed by atoms with Crippen molar-refractivity contribution in [2.24, 2.45) is 5.73 Å². The molecular weight excluding hydrogens is 300 g/mol.